The van der Waals surface area contributed by atoms with E-state index in [1.165, 1.54) is 5.69 Å². The van der Waals surface area contributed by atoms with Crippen molar-refractivity contribution < 1.29 is 14.6 Å². The van der Waals surface area contributed by atoms with Gasteiger partial charge in [-0.1, -0.05) is 36.4 Å². The number of hydrogen-bond donors (Lipinski definition) is 1. The lowest BCUT2D eigenvalue weighted by Gasteiger charge is -2.36. The van der Waals surface area contributed by atoms with Crippen molar-refractivity contribution in [2.24, 2.45) is 0 Å². The zero-order chi connectivity index (χ0) is 25.5. The molecule has 2 aliphatic rings. The Morgan fingerprint density at radius 1 is 1.00 bits per heavy atom. The van der Waals surface area contributed by atoms with Gasteiger partial charge in [-0.25, -0.2) is 0 Å². The number of phenols is 1. The SMILES string of the molecule is CCn1cc(/C=C2/Oc3c(CN4CCN(c5ccccc5)CC4)c(O)cc(C)c3C2=O)c2ccccc21. The van der Waals surface area contributed by atoms with Gasteiger partial charge in [-0.15, -0.1) is 0 Å². The molecule has 3 heterocycles. The highest BCUT2D eigenvalue weighted by Gasteiger charge is 2.34. The van der Waals surface area contributed by atoms with Gasteiger partial charge in [-0.3, -0.25) is 9.69 Å². The molecule has 0 bridgehead atoms. The Morgan fingerprint density at radius 3 is 2.49 bits per heavy atom. The predicted molar refractivity (Wildman–Crippen MR) is 147 cm³/mol. The van der Waals surface area contributed by atoms with Gasteiger partial charge in [0.1, 0.15) is 11.5 Å². The number of benzene rings is 3. The van der Waals surface area contributed by atoms with Crippen LogP contribution in [0.5, 0.6) is 11.5 Å². The van der Waals surface area contributed by atoms with Crippen LogP contribution in [0.15, 0.2) is 72.6 Å². The number of phenolic OH excluding ortho intramolecular Hbond substituents is 1. The summed E-state index contributed by atoms with van der Waals surface area (Å²) in [6, 6.07) is 20.3. The summed E-state index contributed by atoms with van der Waals surface area (Å²) in [6.45, 7) is 8.88. The molecule has 4 aromatic rings. The lowest BCUT2D eigenvalue weighted by Crippen LogP contribution is -2.46. The number of nitrogens with zero attached hydrogens (tertiary/aromatic N) is 3. The second kappa shape index (κ2) is 9.45. The minimum Gasteiger partial charge on any atom is -0.507 e. The summed E-state index contributed by atoms with van der Waals surface area (Å²) in [7, 11) is 0. The first-order valence-electron chi connectivity index (χ1n) is 12.9. The van der Waals surface area contributed by atoms with E-state index >= 15 is 0 Å². The molecule has 37 heavy (non-hydrogen) atoms. The van der Waals surface area contributed by atoms with Gasteiger partial charge in [0, 0.05) is 67.6 Å². The number of piperazine rings is 1. The van der Waals surface area contributed by atoms with Gasteiger partial charge in [-0.2, -0.15) is 0 Å². The molecule has 0 spiro atoms. The lowest BCUT2D eigenvalue weighted by atomic mass is 9.99. The number of anilines is 1. The van der Waals surface area contributed by atoms with Crippen LogP contribution in [-0.4, -0.2) is 46.5 Å². The summed E-state index contributed by atoms with van der Waals surface area (Å²) in [5.74, 6) is 0.852. The molecule has 6 nitrogen and oxygen atoms in total. The Hall–Kier alpha value is -4.03. The maximum Gasteiger partial charge on any atom is 0.232 e. The van der Waals surface area contributed by atoms with Crippen LogP contribution in [0.25, 0.3) is 17.0 Å². The Bertz CT molecular complexity index is 1510. The summed E-state index contributed by atoms with van der Waals surface area (Å²) in [5.41, 5.74) is 5.28. The molecular formula is C31H31N3O3. The fourth-order valence-electron chi connectivity index (χ4n) is 5.55. The maximum atomic E-state index is 13.5. The topological polar surface area (TPSA) is 57.9 Å². The molecule has 0 atom stereocenters. The molecule has 1 fully saturated rings. The number of ether oxygens (including phenoxy) is 1. The fraction of sp³-hybridized carbons (Fsp3) is 0.258. The number of allylic oxidation sites excluding steroid dienone is 1. The van der Waals surface area contributed by atoms with Gasteiger partial charge < -0.3 is 19.3 Å². The number of aromatic hydroxyl groups is 1. The molecule has 1 saturated heterocycles. The molecular weight excluding hydrogens is 462 g/mol. The quantitative estimate of drug-likeness (QED) is 0.366. The van der Waals surface area contributed by atoms with Gasteiger partial charge in [0.05, 0.1) is 11.1 Å². The number of carbonyl (C=O) groups is 1. The van der Waals surface area contributed by atoms with Gasteiger partial charge >= 0.3 is 0 Å². The number of para-hydroxylation sites is 2. The molecule has 1 aromatic heterocycles. The van der Waals surface area contributed by atoms with Crippen LogP contribution in [0.4, 0.5) is 5.69 Å². The molecule has 188 valence electrons. The number of rotatable bonds is 5. The third kappa shape index (κ3) is 4.17. The molecule has 0 aliphatic carbocycles. The monoisotopic (exact) mass is 493 g/mol. The van der Waals surface area contributed by atoms with Crippen LogP contribution in [-0.2, 0) is 13.1 Å². The van der Waals surface area contributed by atoms with Crippen molar-refractivity contribution in [1.29, 1.82) is 0 Å². The number of ketones is 1. The molecule has 0 radical (unpaired) electrons. The summed E-state index contributed by atoms with van der Waals surface area (Å²) in [5, 5.41) is 12.0. The van der Waals surface area contributed by atoms with Crippen molar-refractivity contribution in [3.05, 3.63) is 94.9 Å². The Balaban J connectivity index is 1.28. The molecule has 0 unspecified atom stereocenters. The standard InChI is InChI=1S/C31H31N3O3/c1-3-33-19-22(24-11-7-8-12-26(24)33)18-28-30(36)29-21(2)17-27(35)25(31(29)37-28)20-32-13-15-34(16-14-32)23-9-5-4-6-10-23/h4-12,17-19,35H,3,13-16,20H2,1-2H3/b28-18+. The van der Waals surface area contributed by atoms with Crippen LogP contribution in [0.1, 0.15) is 34.0 Å². The van der Waals surface area contributed by atoms with Crippen LogP contribution in [0.2, 0.25) is 0 Å². The van der Waals surface area contributed by atoms with E-state index < -0.39 is 0 Å². The van der Waals surface area contributed by atoms with Gasteiger partial charge in [0.25, 0.3) is 0 Å². The number of carbonyl (C=O) groups excluding carboxylic acids is 1. The van der Waals surface area contributed by atoms with Crippen LogP contribution in [0.3, 0.4) is 0 Å². The predicted octanol–water partition coefficient (Wildman–Crippen LogP) is 5.61. The first kappa shape index (κ1) is 23.4. The molecule has 2 aliphatic heterocycles. The van der Waals surface area contributed by atoms with Crippen molar-refractivity contribution in [3.63, 3.8) is 0 Å². The first-order chi connectivity index (χ1) is 18.0. The molecule has 1 N–H and O–H groups in total. The third-order valence-corrected chi connectivity index (χ3v) is 7.54. The minimum absolute atomic E-state index is 0.129. The van der Waals surface area contributed by atoms with E-state index in [9.17, 15) is 9.90 Å². The van der Waals surface area contributed by atoms with Crippen molar-refractivity contribution in [3.8, 4) is 11.5 Å². The number of fused-ring (bicyclic) bond motifs is 2. The molecule has 6 rings (SSSR count). The van der Waals surface area contributed by atoms with Gasteiger partial charge in [0.15, 0.2) is 5.76 Å². The fourth-order valence-corrected chi connectivity index (χ4v) is 5.55. The number of Topliss-reactive ketones (excluding diaryl/α,β-unsaturated/α-hetero) is 1. The Labute approximate surface area is 217 Å². The van der Waals surface area contributed by atoms with E-state index in [2.05, 4.69) is 63.9 Å². The molecule has 0 saturated carbocycles. The van der Waals surface area contributed by atoms with Crippen molar-refractivity contribution in [2.75, 3.05) is 31.1 Å². The summed E-state index contributed by atoms with van der Waals surface area (Å²) >= 11 is 0. The van der Waals surface area contributed by atoms with Gasteiger partial charge in [-0.05, 0) is 49.8 Å². The van der Waals surface area contributed by atoms with Crippen molar-refractivity contribution in [2.45, 2.75) is 26.9 Å². The van der Waals surface area contributed by atoms with E-state index in [1.54, 1.807) is 6.07 Å². The minimum atomic E-state index is -0.129. The highest BCUT2D eigenvalue weighted by Crippen LogP contribution is 2.42. The van der Waals surface area contributed by atoms with E-state index in [-0.39, 0.29) is 11.5 Å². The average Bonchev–Trinajstić information content (AvgIpc) is 3.45. The Morgan fingerprint density at radius 2 is 1.73 bits per heavy atom. The highest BCUT2D eigenvalue weighted by molar-refractivity contribution is 6.16. The molecule has 6 heteroatoms. The lowest BCUT2D eigenvalue weighted by molar-refractivity contribution is 0.101. The second-order valence-corrected chi connectivity index (χ2v) is 9.82. The second-order valence-electron chi connectivity index (χ2n) is 9.82. The average molecular weight is 494 g/mol. The highest BCUT2D eigenvalue weighted by atomic mass is 16.5. The van der Waals surface area contributed by atoms with Crippen LogP contribution in [0, 0.1) is 6.92 Å². The summed E-state index contributed by atoms with van der Waals surface area (Å²) < 4.78 is 8.42. The zero-order valence-corrected chi connectivity index (χ0v) is 21.3. The number of hydrogen-bond acceptors (Lipinski definition) is 5. The normalized spacial score (nSPS) is 17.0. The summed E-state index contributed by atoms with van der Waals surface area (Å²) in [6.07, 6.45) is 3.91. The Kier molecular flexibility index (Phi) is 5.97. The largest absolute Gasteiger partial charge is 0.507 e. The molecule has 3 aromatic carbocycles. The maximum absolute atomic E-state index is 13.5. The first-order valence-corrected chi connectivity index (χ1v) is 12.9. The summed E-state index contributed by atoms with van der Waals surface area (Å²) in [4.78, 5) is 18.2. The number of aryl methyl sites for hydroxylation is 2. The van der Waals surface area contributed by atoms with E-state index in [1.807, 2.05) is 31.2 Å². The molecule has 0 amide bonds. The van der Waals surface area contributed by atoms with Crippen LogP contribution < -0.4 is 9.64 Å². The van der Waals surface area contributed by atoms with Crippen LogP contribution >= 0.6 is 0 Å². The van der Waals surface area contributed by atoms with E-state index in [4.69, 9.17) is 4.74 Å². The van der Waals surface area contributed by atoms with E-state index in [0.29, 0.717) is 29.2 Å². The zero-order valence-electron chi connectivity index (χ0n) is 21.3. The van der Waals surface area contributed by atoms with E-state index in [0.717, 1.165) is 54.8 Å². The van der Waals surface area contributed by atoms with Gasteiger partial charge in [0.2, 0.25) is 5.78 Å². The smallest absolute Gasteiger partial charge is 0.232 e. The number of aromatic nitrogens is 1. The van der Waals surface area contributed by atoms with Crippen molar-refractivity contribution in [1.82, 2.24) is 9.47 Å². The van der Waals surface area contributed by atoms with Crippen molar-refractivity contribution >= 4 is 28.4 Å². The third-order valence-electron chi connectivity index (χ3n) is 7.54.